The van der Waals surface area contributed by atoms with Crippen LogP contribution in [0.5, 0.6) is 0 Å². The van der Waals surface area contributed by atoms with Crippen molar-refractivity contribution in [2.75, 3.05) is 10.6 Å². The molecule has 3 aromatic rings. The van der Waals surface area contributed by atoms with E-state index in [4.69, 9.17) is 23.2 Å². The smallest absolute Gasteiger partial charge is 0.308 e. The minimum absolute atomic E-state index is 0.170. The Labute approximate surface area is 189 Å². The molecule has 0 unspecified atom stereocenters. The van der Waals surface area contributed by atoms with E-state index in [1.807, 2.05) is 20.8 Å². The Morgan fingerprint density at radius 2 is 1.90 bits per heavy atom. The molecular formula is C21H22Cl2N6O2. The van der Waals surface area contributed by atoms with E-state index in [2.05, 4.69) is 25.7 Å². The number of benzene rings is 1. The molecule has 1 aliphatic carbocycles. The minimum Gasteiger partial charge on any atom is -0.308 e. The van der Waals surface area contributed by atoms with Crippen molar-refractivity contribution in [2.24, 2.45) is 0 Å². The van der Waals surface area contributed by atoms with Crippen LogP contribution in [0.25, 0.3) is 5.95 Å². The molecule has 162 valence electrons. The maximum Gasteiger partial charge on any atom is 0.324 e. The predicted octanol–water partition coefficient (Wildman–Crippen LogP) is 4.69. The van der Waals surface area contributed by atoms with Crippen LogP contribution in [0.15, 0.2) is 29.1 Å². The highest BCUT2D eigenvalue weighted by Crippen LogP contribution is 2.27. The van der Waals surface area contributed by atoms with Crippen molar-refractivity contribution in [1.29, 1.82) is 0 Å². The van der Waals surface area contributed by atoms with E-state index in [9.17, 15) is 9.59 Å². The first-order valence-corrected chi connectivity index (χ1v) is 10.6. The monoisotopic (exact) mass is 460 g/mol. The number of nitrogens with one attached hydrogen (secondary N) is 3. The van der Waals surface area contributed by atoms with Crippen molar-refractivity contribution in [3.63, 3.8) is 0 Å². The van der Waals surface area contributed by atoms with Gasteiger partial charge < -0.3 is 5.32 Å². The van der Waals surface area contributed by atoms with E-state index in [0.717, 1.165) is 36.2 Å². The number of aromatic nitrogens is 4. The Kier molecular flexibility index (Phi) is 5.53. The van der Waals surface area contributed by atoms with Gasteiger partial charge >= 0.3 is 6.03 Å². The van der Waals surface area contributed by atoms with E-state index in [1.165, 1.54) is 4.68 Å². The summed E-state index contributed by atoms with van der Waals surface area (Å²) >= 11 is 11.9. The van der Waals surface area contributed by atoms with Crippen molar-refractivity contribution in [3.8, 4) is 5.95 Å². The van der Waals surface area contributed by atoms with Gasteiger partial charge in [-0.05, 0) is 37.5 Å². The van der Waals surface area contributed by atoms with Crippen molar-refractivity contribution in [3.05, 3.63) is 61.6 Å². The summed E-state index contributed by atoms with van der Waals surface area (Å²) in [5.74, 6) is 0.648. The third-order valence-electron chi connectivity index (χ3n) is 5.03. The third-order valence-corrected chi connectivity index (χ3v) is 5.77. The van der Waals surface area contributed by atoms with Crippen molar-refractivity contribution in [2.45, 2.75) is 45.4 Å². The minimum atomic E-state index is -0.497. The number of aromatic amines is 1. The topological polar surface area (TPSA) is 105 Å². The Bertz CT molecular complexity index is 1230. The maximum atomic E-state index is 12.6. The highest BCUT2D eigenvalue weighted by molar-refractivity contribution is 6.42. The van der Waals surface area contributed by atoms with Crippen LogP contribution in [0.4, 0.5) is 16.3 Å². The molecule has 0 saturated heterocycles. The number of carbonyl (C=O) groups excluding carboxylic acids is 1. The standard InChI is InChI=1S/C21H22Cl2N6O2/c1-21(2,3)16-10-17(26-20(31)24-11-7-8-13(22)14(23)9-11)29(28-16)19-25-15-6-4-5-12(15)18(30)27-19/h7-10H,4-6H2,1-3H3,(H2,24,26,31)(H,25,27,30). The number of halogens is 2. The average Bonchev–Trinajstić information content (AvgIpc) is 3.31. The Hall–Kier alpha value is -2.84. The van der Waals surface area contributed by atoms with Crippen molar-refractivity contribution < 1.29 is 4.79 Å². The number of carbonyl (C=O) groups is 1. The summed E-state index contributed by atoms with van der Waals surface area (Å²) in [6, 6.07) is 6.07. The number of amides is 2. The largest absolute Gasteiger partial charge is 0.324 e. The summed E-state index contributed by atoms with van der Waals surface area (Å²) in [5, 5.41) is 10.8. The fourth-order valence-electron chi connectivity index (χ4n) is 3.38. The van der Waals surface area contributed by atoms with Crippen LogP contribution in [-0.2, 0) is 18.3 Å². The number of nitrogens with zero attached hydrogens (tertiary/aromatic N) is 3. The molecule has 1 aliphatic rings. The summed E-state index contributed by atoms with van der Waals surface area (Å²) in [7, 11) is 0. The van der Waals surface area contributed by atoms with E-state index >= 15 is 0 Å². The lowest BCUT2D eigenvalue weighted by Crippen LogP contribution is -2.23. The van der Waals surface area contributed by atoms with Gasteiger partial charge in [0.2, 0.25) is 5.95 Å². The van der Waals surface area contributed by atoms with Gasteiger partial charge in [0.1, 0.15) is 5.82 Å². The first-order valence-electron chi connectivity index (χ1n) is 9.88. The first kappa shape index (κ1) is 21.4. The van der Waals surface area contributed by atoms with Gasteiger partial charge in [-0.1, -0.05) is 44.0 Å². The van der Waals surface area contributed by atoms with Gasteiger partial charge in [0.15, 0.2) is 0 Å². The average molecular weight is 461 g/mol. The molecule has 2 heterocycles. The fraction of sp³-hybridized carbons (Fsp3) is 0.333. The molecule has 2 amide bonds. The number of aryl methyl sites for hydroxylation is 1. The molecule has 0 atom stereocenters. The van der Waals surface area contributed by atoms with Gasteiger partial charge in [0, 0.05) is 22.7 Å². The molecule has 1 aromatic carbocycles. The summed E-state index contributed by atoms with van der Waals surface area (Å²) in [5.41, 5.74) is 2.27. The fourth-order valence-corrected chi connectivity index (χ4v) is 3.68. The molecule has 10 heteroatoms. The number of hydrogen-bond acceptors (Lipinski definition) is 4. The van der Waals surface area contributed by atoms with Crippen LogP contribution in [0, 0.1) is 0 Å². The van der Waals surface area contributed by atoms with Crippen LogP contribution in [-0.4, -0.2) is 25.8 Å². The molecule has 0 saturated carbocycles. The van der Waals surface area contributed by atoms with Crippen LogP contribution >= 0.6 is 23.2 Å². The van der Waals surface area contributed by atoms with Crippen molar-refractivity contribution in [1.82, 2.24) is 19.7 Å². The molecule has 0 bridgehead atoms. The van der Waals surface area contributed by atoms with Crippen molar-refractivity contribution >= 4 is 40.7 Å². The number of anilines is 2. The molecule has 8 nitrogen and oxygen atoms in total. The van der Waals surface area contributed by atoms with E-state index in [1.54, 1.807) is 24.3 Å². The van der Waals surface area contributed by atoms with Gasteiger partial charge in [0.25, 0.3) is 5.56 Å². The molecule has 2 aromatic heterocycles. The SMILES string of the molecule is CC(C)(C)c1cc(NC(=O)Nc2ccc(Cl)c(Cl)c2)n(-c2nc3c(c(=O)[nH]2)CCC3)n1. The lowest BCUT2D eigenvalue weighted by molar-refractivity contribution is 0.262. The molecule has 31 heavy (non-hydrogen) atoms. The molecule has 0 spiro atoms. The number of H-pyrrole nitrogens is 1. The number of urea groups is 1. The maximum absolute atomic E-state index is 12.6. The molecule has 0 radical (unpaired) electrons. The summed E-state index contributed by atoms with van der Waals surface area (Å²) < 4.78 is 1.45. The normalized spacial score (nSPS) is 13.2. The molecular weight excluding hydrogens is 439 g/mol. The second-order valence-electron chi connectivity index (χ2n) is 8.45. The lowest BCUT2D eigenvalue weighted by Gasteiger charge is -2.14. The second-order valence-corrected chi connectivity index (χ2v) is 9.27. The molecule has 0 fully saturated rings. The van der Waals surface area contributed by atoms with Crippen LogP contribution in [0.3, 0.4) is 0 Å². The zero-order chi connectivity index (χ0) is 22.3. The molecule has 4 rings (SSSR count). The van der Waals surface area contributed by atoms with E-state index in [-0.39, 0.29) is 16.9 Å². The quantitative estimate of drug-likeness (QED) is 0.526. The predicted molar refractivity (Wildman–Crippen MR) is 122 cm³/mol. The number of fused-ring (bicyclic) bond motifs is 1. The number of hydrogen-bond donors (Lipinski definition) is 3. The number of rotatable bonds is 3. The lowest BCUT2D eigenvalue weighted by atomic mass is 9.92. The zero-order valence-corrected chi connectivity index (χ0v) is 18.9. The highest BCUT2D eigenvalue weighted by atomic mass is 35.5. The van der Waals surface area contributed by atoms with Gasteiger partial charge in [0.05, 0.1) is 21.4 Å². The summed E-state index contributed by atoms with van der Waals surface area (Å²) in [6.07, 6.45) is 2.38. The Morgan fingerprint density at radius 1 is 1.13 bits per heavy atom. The van der Waals surface area contributed by atoms with Gasteiger partial charge in [-0.3, -0.25) is 15.1 Å². The highest BCUT2D eigenvalue weighted by Gasteiger charge is 2.24. The van der Waals surface area contributed by atoms with E-state index < -0.39 is 6.03 Å². The molecule has 3 N–H and O–H groups in total. The Balaban J connectivity index is 1.68. The molecule has 0 aliphatic heterocycles. The Morgan fingerprint density at radius 3 is 2.61 bits per heavy atom. The second kappa shape index (κ2) is 8.01. The zero-order valence-electron chi connectivity index (χ0n) is 17.3. The third kappa shape index (κ3) is 4.45. The van der Waals surface area contributed by atoms with E-state index in [0.29, 0.717) is 21.6 Å². The van der Waals surface area contributed by atoms with Gasteiger partial charge in [-0.15, -0.1) is 0 Å². The van der Waals surface area contributed by atoms with Gasteiger partial charge in [-0.2, -0.15) is 9.78 Å². The van der Waals surface area contributed by atoms with Gasteiger partial charge in [-0.25, -0.2) is 9.78 Å². The van der Waals surface area contributed by atoms with Crippen LogP contribution < -0.4 is 16.2 Å². The first-order chi connectivity index (χ1) is 14.6. The summed E-state index contributed by atoms with van der Waals surface area (Å²) in [4.78, 5) is 32.5. The van der Waals surface area contributed by atoms with Crippen LogP contribution in [0.1, 0.15) is 44.1 Å². The van der Waals surface area contributed by atoms with Crippen LogP contribution in [0.2, 0.25) is 10.0 Å². The summed E-state index contributed by atoms with van der Waals surface area (Å²) in [6.45, 7) is 6.04.